The molecular weight excluding hydrogens is 378 g/mol. The van der Waals surface area contributed by atoms with Crippen molar-refractivity contribution in [2.24, 2.45) is 0 Å². The van der Waals surface area contributed by atoms with Gasteiger partial charge in [0.1, 0.15) is 11.5 Å². The number of carbonyl (C=O) groups excluding carboxylic acids is 2. The Balaban J connectivity index is 1.59. The number of rotatable bonds is 7. The van der Waals surface area contributed by atoms with Crippen LogP contribution in [-0.4, -0.2) is 18.5 Å². The molecule has 5 heteroatoms. The second-order valence-electron chi connectivity index (χ2n) is 6.57. The summed E-state index contributed by atoms with van der Waals surface area (Å²) in [5.74, 6) is 0.310. The molecule has 0 bridgehead atoms. The number of para-hydroxylation sites is 1. The summed E-state index contributed by atoms with van der Waals surface area (Å²) in [5.41, 5.74) is 3.10. The summed E-state index contributed by atoms with van der Waals surface area (Å²) in [7, 11) is 0. The number of amides is 1. The van der Waals surface area contributed by atoms with Crippen LogP contribution in [0.15, 0.2) is 78.9 Å². The lowest BCUT2D eigenvalue weighted by Gasteiger charge is -2.07. The number of anilines is 1. The van der Waals surface area contributed by atoms with E-state index in [1.54, 1.807) is 30.3 Å². The maximum Gasteiger partial charge on any atom is 0.336 e. The Morgan fingerprint density at radius 2 is 1.63 bits per heavy atom. The zero-order valence-electron chi connectivity index (χ0n) is 16.9. The molecule has 0 atom stereocenters. The van der Waals surface area contributed by atoms with Gasteiger partial charge in [0, 0.05) is 22.9 Å². The van der Waals surface area contributed by atoms with Crippen molar-refractivity contribution in [1.82, 2.24) is 0 Å². The van der Waals surface area contributed by atoms with Crippen LogP contribution in [0.2, 0.25) is 0 Å². The molecule has 3 aromatic carbocycles. The zero-order valence-corrected chi connectivity index (χ0v) is 16.9. The molecule has 0 aliphatic carbocycles. The highest BCUT2D eigenvalue weighted by Gasteiger charge is 2.08. The molecule has 3 rings (SSSR count). The van der Waals surface area contributed by atoms with E-state index < -0.39 is 5.97 Å². The van der Waals surface area contributed by atoms with Crippen LogP contribution < -0.4 is 14.8 Å². The van der Waals surface area contributed by atoms with Crippen molar-refractivity contribution in [2.45, 2.75) is 13.8 Å². The van der Waals surface area contributed by atoms with Gasteiger partial charge >= 0.3 is 5.97 Å². The second-order valence-corrected chi connectivity index (χ2v) is 6.57. The first-order valence-electron chi connectivity index (χ1n) is 9.65. The predicted molar refractivity (Wildman–Crippen MR) is 118 cm³/mol. The van der Waals surface area contributed by atoms with E-state index in [4.69, 9.17) is 9.47 Å². The van der Waals surface area contributed by atoms with Crippen LogP contribution in [-0.2, 0) is 4.79 Å². The Morgan fingerprint density at radius 3 is 2.33 bits per heavy atom. The quantitative estimate of drug-likeness (QED) is 0.333. The number of hydrogen-bond donors (Lipinski definition) is 1. The summed E-state index contributed by atoms with van der Waals surface area (Å²) in [6.07, 6.45) is 2.99. The van der Waals surface area contributed by atoms with Gasteiger partial charge < -0.3 is 14.8 Å². The van der Waals surface area contributed by atoms with Crippen molar-refractivity contribution < 1.29 is 19.1 Å². The summed E-state index contributed by atoms with van der Waals surface area (Å²) >= 11 is 0. The molecule has 0 unspecified atom stereocenters. The highest BCUT2D eigenvalue weighted by molar-refractivity contribution is 6.04. The molecule has 0 saturated heterocycles. The lowest BCUT2D eigenvalue weighted by atomic mass is 10.2. The number of benzene rings is 3. The molecule has 5 nitrogen and oxygen atoms in total. The van der Waals surface area contributed by atoms with Crippen LogP contribution in [0.4, 0.5) is 5.69 Å². The number of ether oxygens (including phenoxy) is 2. The van der Waals surface area contributed by atoms with E-state index >= 15 is 0 Å². The minimum Gasteiger partial charge on any atom is -0.493 e. The topological polar surface area (TPSA) is 64.6 Å². The van der Waals surface area contributed by atoms with Crippen LogP contribution in [0.3, 0.4) is 0 Å². The molecule has 0 saturated carbocycles. The number of nitrogens with one attached hydrogen (secondary N) is 1. The molecule has 0 spiro atoms. The van der Waals surface area contributed by atoms with E-state index in [1.807, 2.05) is 62.4 Å². The van der Waals surface area contributed by atoms with Gasteiger partial charge in [-0.3, -0.25) is 4.79 Å². The second kappa shape index (κ2) is 10.1. The first-order valence-corrected chi connectivity index (χ1v) is 9.65. The largest absolute Gasteiger partial charge is 0.493 e. The number of aryl methyl sites for hydroxylation is 1. The van der Waals surface area contributed by atoms with E-state index in [0.29, 0.717) is 23.7 Å². The molecule has 1 amide bonds. The third-order valence-electron chi connectivity index (χ3n) is 4.26. The molecule has 0 aromatic heterocycles. The van der Waals surface area contributed by atoms with E-state index in [2.05, 4.69) is 5.32 Å². The average Bonchev–Trinajstić information content (AvgIpc) is 2.75. The number of esters is 1. The van der Waals surface area contributed by atoms with Crippen LogP contribution in [0, 0.1) is 6.92 Å². The van der Waals surface area contributed by atoms with Gasteiger partial charge in [0.25, 0.3) is 5.91 Å². The van der Waals surface area contributed by atoms with E-state index in [9.17, 15) is 9.59 Å². The smallest absolute Gasteiger partial charge is 0.336 e. The van der Waals surface area contributed by atoms with Crippen molar-refractivity contribution in [3.63, 3.8) is 0 Å². The predicted octanol–water partition coefficient (Wildman–Crippen LogP) is 5.26. The maximum atomic E-state index is 12.3. The molecule has 0 radical (unpaired) electrons. The lowest BCUT2D eigenvalue weighted by molar-refractivity contribution is -0.128. The van der Waals surface area contributed by atoms with Gasteiger partial charge in [0.2, 0.25) is 0 Å². The van der Waals surface area contributed by atoms with Gasteiger partial charge in [-0.1, -0.05) is 35.9 Å². The van der Waals surface area contributed by atoms with Crippen LogP contribution in [0.25, 0.3) is 6.08 Å². The van der Waals surface area contributed by atoms with Crippen molar-refractivity contribution in [3.05, 3.63) is 95.6 Å². The molecule has 0 aliphatic heterocycles. The monoisotopic (exact) mass is 401 g/mol. The van der Waals surface area contributed by atoms with Gasteiger partial charge in [-0.2, -0.15) is 0 Å². The number of carbonyl (C=O) groups is 2. The maximum absolute atomic E-state index is 12.3. The summed E-state index contributed by atoms with van der Waals surface area (Å²) in [5, 5.41) is 2.83. The molecule has 0 heterocycles. The molecule has 3 aromatic rings. The van der Waals surface area contributed by atoms with E-state index in [1.165, 1.54) is 6.08 Å². The fraction of sp³-hybridized carbons (Fsp3) is 0.120. The number of hydrogen-bond acceptors (Lipinski definition) is 4. The Morgan fingerprint density at radius 1 is 0.933 bits per heavy atom. The van der Waals surface area contributed by atoms with Gasteiger partial charge in [-0.15, -0.1) is 0 Å². The van der Waals surface area contributed by atoms with Gasteiger partial charge in [-0.05, 0) is 62.4 Å². The summed E-state index contributed by atoms with van der Waals surface area (Å²) in [4.78, 5) is 24.4. The Kier molecular flexibility index (Phi) is 7.00. The lowest BCUT2D eigenvalue weighted by Crippen LogP contribution is -2.12. The SMILES string of the molecule is CCOc1ccccc1/C=C/C(=O)Oc1ccc(C(=O)Nc2ccc(C)cc2)cc1. The molecule has 152 valence electrons. The third-order valence-corrected chi connectivity index (χ3v) is 4.26. The molecular formula is C25H23NO4. The summed E-state index contributed by atoms with van der Waals surface area (Å²) < 4.78 is 10.8. The normalized spacial score (nSPS) is 10.6. The van der Waals surface area contributed by atoms with Crippen molar-refractivity contribution >= 4 is 23.6 Å². The van der Waals surface area contributed by atoms with Gasteiger partial charge in [0.15, 0.2) is 0 Å². The standard InChI is InChI=1S/C25H23NO4/c1-3-29-23-7-5-4-6-19(23)12-17-24(27)30-22-15-10-20(11-16-22)25(28)26-21-13-8-18(2)9-14-21/h4-17H,3H2,1-2H3,(H,26,28)/b17-12+. The van der Waals surface area contributed by atoms with E-state index in [-0.39, 0.29) is 5.91 Å². The van der Waals surface area contributed by atoms with Gasteiger partial charge in [0.05, 0.1) is 6.61 Å². The molecule has 0 fully saturated rings. The molecule has 30 heavy (non-hydrogen) atoms. The summed E-state index contributed by atoms with van der Waals surface area (Å²) in [6.45, 7) is 4.43. The van der Waals surface area contributed by atoms with Crippen LogP contribution in [0.5, 0.6) is 11.5 Å². The Labute approximate surface area is 176 Å². The third kappa shape index (κ3) is 5.82. The Hall–Kier alpha value is -3.86. The zero-order chi connectivity index (χ0) is 21.3. The van der Waals surface area contributed by atoms with Crippen LogP contribution in [0.1, 0.15) is 28.4 Å². The average molecular weight is 401 g/mol. The fourth-order valence-corrected chi connectivity index (χ4v) is 2.73. The first-order chi connectivity index (χ1) is 14.5. The molecule has 0 aliphatic rings. The Bertz CT molecular complexity index is 1040. The van der Waals surface area contributed by atoms with Crippen molar-refractivity contribution in [1.29, 1.82) is 0 Å². The highest BCUT2D eigenvalue weighted by Crippen LogP contribution is 2.20. The molecule has 1 N–H and O–H groups in total. The summed E-state index contributed by atoms with van der Waals surface area (Å²) in [6, 6.07) is 21.4. The highest BCUT2D eigenvalue weighted by atomic mass is 16.5. The van der Waals surface area contributed by atoms with Crippen molar-refractivity contribution in [2.75, 3.05) is 11.9 Å². The minimum absolute atomic E-state index is 0.232. The van der Waals surface area contributed by atoms with Crippen molar-refractivity contribution in [3.8, 4) is 11.5 Å². The fourth-order valence-electron chi connectivity index (χ4n) is 2.73. The first kappa shape index (κ1) is 20.9. The minimum atomic E-state index is -0.516. The van der Waals surface area contributed by atoms with Gasteiger partial charge in [-0.25, -0.2) is 4.79 Å². The van der Waals surface area contributed by atoms with E-state index in [0.717, 1.165) is 16.8 Å². The van der Waals surface area contributed by atoms with Crippen LogP contribution >= 0.6 is 0 Å².